The van der Waals surface area contributed by atoms with Gasteiger partial charge in [0.2, 0.25) is 0 Å². The third-order valence-corrected chi connectivity index (χ3v) is 3.59. The third-order valence-electron chi connectivity index (χ3n) is 2.24. The van der Waals surface area contributed by atoms with Crippen molar-refractivity contribution in [1.29, 1.82) is 0 Å². The van der Waals surface area contributed by atoms with E-state index in [-0.39, 0.29) is 10.6 Å². The molecule has 0 bridgehead atoms. The molecular weight excluding hydrogens is 310 g/mol. The van der Waals surface area contributed by atoms with Gasteiger partial charge in [-0.15, -0.1) is 0 Å². The number of hydrogen-bond acceptors (Lipinski definition) is 5. The maximum absolute atomic E-state index is 11.0. The first kappa shape index (κ1) is 12.5. The molecule has 8 heteroatoms. The lowest BCUT2D eigenvalue weighted by molar-refractivity contribution is -0.391. The molecule has 0 spiro atoms. The Balaban J connectivity index is 2.35. The molecule has 2 heterocycles. The zero-order valence-corrected chi connectivity index (χ0v) is 11.4. The van der Waals surface area contributed by atoms with Crippen LogP contribution in [0.25, 0.3) is 4.96 Å². The van der Waals surface area contributed by atoms with Crippen LogP contribution < -0.4 is 0 Å². The van der Waals surface area contributed by atoms with Gasteiger partial charge in [0.15, 0.2) is 0 Å². The van der Waals surface area contributed by atoms with Gasteiger partial charge in [0.1, 0.15) is 11.9 Å². The highest BCUT2D eigenvalue weighted by Crippen LogP contribution is 2.26. The minimum absolute atomic E-state index is 0.0239. The number of aromatic nitrogens is 2. The average Bonchev–Trinajstić information content (AvgIpc) is 2.76. The van der Waals surface area contributed by atoms with E-state index in [1.54, 1.807) is 18.7 Å². The number of alkyl halides is 1. The predicted octanol–water partition coefficient (Wildman–Crippen LogP) is 2.26. The van der Waals surface area contributed by atoms with Gasteiger partial charge < -0.3 is 14.9 Å². The van der Waals surface area contributed by atoms with Crippen molar-refractivity contribution in [3.05, 3.63) is 27.4 Å². The Kier molecular flexibility index (Phi) is 3.75. The van der Waals surface area contributed by atoms with Gasteiger partial charge in [-0.1, -0.05) is 27.3 Å². The SMILES string of the molecule is COCC(Br)Cc1nc2sccn2c1[N+](=O)[O-]. The number of ether oxygens (including phenoxy) is 1. The lowest BCUT2D eigenvalue weighted by Crippen LogP contribution is -2.11. The Morgan fingerprint density at radius 1 is 1.76 bits per heavy atom. The Hall–Kier alpha value is -0.990. The van der Waals surface area contributed by atoms with Crippen LogP contribution in [0.1, 0.15) is 5.69 Å². The van der Waals surface area contributed by atoms with Crippen LogP contribution in [0.4, 0.5) is 5.82 Å². The van der Waals surface area contributed by atoms with Gasteiger partial charge in [-0.3, -0.25) is 0 Å². The molecule has 0 radical (unpaired) electrons. The van der Waals surface area contributed by atoms with E-state index in [1.807, 2.05) is 0 Å². The second-order valence-electron chi connectivity index (χ2n) is 3.45. The van der Waals surface area contributed by atoms with E-state index in [9.17, 15) is 10.1 Å². The average molecular weight is 320 g/mol. The van der Waals surface area contributed by atoms with E-state index in [4.69, 9.17) is 4.74 Å². The monoisotopic (exact) mass is 319 g/mol. The van der Waals surface area contributed by atoms with E-state index in [0.29, 0.717) is 23.7 Å². The molecule has 0 aromatic carbocycles. The Bertz CT molecular complexity index is 539. The van der Waals surface area contributed by atoms with Crippen molar-refractivity contribution in [3.8, 4) is 0 Å². The molecule has 2 rings (SSSR count). The summed E-state index contributed by atoms with van der Waals surface area (Å²) in [5.74, 6) is 0.0433. The van der Waals surface area contributed by atoms with Gasteiger partial charge in [-0.05, 0) is 4.92 Å². The lowest BCUT2D eigenvalue weighted by Gasteiger charge is -2.05. The number of halogens is 1. The first-order valence-corrected chi connectivity index (χ1v) is 6.65. The summed E-state index contributed by atoms with van der Waals surface area (Å²) >= 11 is 4.79. The number of methoxy groups -OCH3 is 1. The highest BCUT2D eigenvalue weighted by atomic mass is 79.9. The van der Waals surface area contributed by atoms with Crippen LogP contribution in [0.5, 0.6) is 0 Å². The minimum Gasteiger partial charge on any atom is -0.384 e. The molecule has 2 aromatic heterocycles. The molecule has 6 nitrogen and oxygen atoms in total. The molecule has 2 aromatic rings. The van der Waals surface area contributed by atoms with Crippen molar-refractivity contribution >= 4 is 38.0 Å². The first-order valence-electron chi connectivity index (χ1n) is 4.85. The Morgan fingerprint density at radius 2 is 2.53 bits per heavy atom. The Labute approximate surface area is 110 Å². The zero-order chi connectivity index (χ0) is 12.4. The number of rotatable bonds is 5. The quantitative estimate of drug-likeness (QED) is 0.481. The van der Waals surface area contributed by atoms with Crippen molar-refractivity contribution < 1.29 is 9.66 Å². The molecule has 0 aliphatic heterocycles. The van der Waals surface area contributed by atoms with Gasteiger partial charge in [0, 0.05) is 23.7 Å². The van der Waals surface area contributed by atoms with Crippen LogP contribution in [-0.4, -0.2) is 32.9 Å². The van der Waals surface area contributed by atoms with Gasteiger partial charge in [-0.2, -0.15) is 9.38 Å². The second-order valence-corrected chi connectivity index (χ2v) is 5.62. The van der Waals surface area contributed by atoms with Crippen molar-refractivity contribution in [2.75, 3.05) is 13.7 Å². The van der Waals surface area contributed by atoms with Crippen LogP contribution in [-0.2, 0) is 11.2 Å². The van der Waals surface area contributed by atoms with Crippen molar-refractivity contribution in [1.82, 2.24) is 9.38 Å². The standard InChI is InChI=1S/C9H10BrN3O3S/c1-16-5-6(10)4-7-8(13(14)15)12-2-3-17-9(12)11-7/h2-3,6H,4-5H2,1H3. The number of nitrogens with zero attached hydrogens (tertiary/aromatic N) is 3. The number of nitro groups is 1. The van der Waals surface area contributed by atoms with E-state index >= 15 is 0 Å². The van der Waals surface area contributed by atoms with Crippen molar-refractivity contribution in [3.63, 3.8) is 0 Å². The molecule has 0 N–H and O–H groups in total. The van der Waals surface area contributed by atoms with Crippen molar-refractivity contribution in [2.24, 2.45) is 0 Å². The van der Waals surface area contributed by atoms with E-state index in [2.05, 4.69) is 20.9 Å². The van der Waals surface area contributed by atoms with Crippen LogP contribution in [0.3, 0.4) is 0 Å². The smallest absolute Gasteiger partial charge is 0.351 e. The van der Waals surface area contributed by atoms with Crippen LogP contribution >= 0.6 is 27.3 Å². The number of hydrogen-bond donors (Lipinski definition) is 0. The maximum Gasteiger partial charge on any atom is 0.351 e. The normalized spacial score (nSPS) is 13.1. The third kappa shape index (κ3) is 2.48. The van der Waals surface area contributed by atoms with Gasteiger partial charge in [0.05, 0.1) is 6.61 Å². The lowest BCUT2D eigenvalue weighted by atomic mass is 10.2. The molecule has 17 heavy (non-hydrogen) atoms. The summed E-state index contributed by atoms with van der Waals surface area (Å²) in [6.45, 7) is 0.488. The molecule has 0 aliphatic rings. The molecule has 1 atom stereocenters. The van der Waals surface area contributed by atoms with Gasteiger partial charge in [0.25, 0.3) is 4.96 Å². The molecule has 92 valence electrons. The number of fused-ring (bicyclic) bond motifs is 1. The highest BCUT2D eigenvalue weighted by Gasteiger charge is 2.24. The first-order chi connectivity index (χ1) is 8.13. The summed E-state index contributed by atoms with van der Waals surface area (Å²) in [5.41, 5.74) is 0.487. The fourth-order valence-electron chi connectivity index (χ4n) is 1.60. The summed E-state index contributed by atoms with van der Waals surface area (Å²) in [6, 6.07) is 0. The van der Waals surface area contributed by atoms with E-state index in [1.165, 1.54) is 15.7 Å². The molecule has 0 amide bonds. The summed E-state index contributed by atoms with van der Waals surface area (Å²) < 4.78 is 6.49. The zero-order valence-electron chi connectivity index (χ0n) is 9.00. The van der Waals surface area contributed by atoms with Crippen LogP contribution in [0.2, 0.25) is 0 Å². The second kappa shape index (κ2) is 5.11. The van der Waals surface area contributed by atoms with E-state index < -0.39 is 4.92 Å². The largest absolute Gasteiger partial charge is 0.384 e. The molecular formula is C9H10BrN3O3S. The van der Waals surface area contributed by atoms with Crippen LogP contribution in [0, 0.1) is 10.1 Å². The summed E-state index contributed by atoms with van der Waals surface area (Å²) in [5, 5.41) is 12.8. The fraction of sp³-hybridized carbons (Fsp3) is 0.444. The highest BCUT2D eigenvalue weighted by molar-refractivity contribution is 9.09. The summed E-state index contributed by atoms with van der Waals surface area (Å²) in [6.07, 6.45) is 2.13. The van der Waals surface area contributed by atoms with Gasteiger partial charge >= 0.3 is 5.82 Å². The molecule has 0 fully saturated rings. The molecule has 0 saturated heterocycles. The van der Waals surface area contributed by atoms with Crippen molar-refractivity contribution in [2.45, 2.75) is 11.2 Å². The van der Waals surface area contributed by atoms with Gasteiger partial charge in [-0.25, -0.2) is 0 Å². The predicted molar refractivity (Wildman–Crippen MR) is 68.0 cm³/mol. The molecule has 1 unspecified atom stereocenters. The molecule has 0 saturated carbocycles. The number of imidazole rings is 1. The maximum atomic E-state index is 11.0. The topological polar surface area (TPSA) is 69.7 Å². The summed E-state index contributed by atoms with van der Waals surface area (Å²) in [4.78, 5) is 15.6. The summed E-state index contributed by atoms with van der Waals surface area (Å²) in [7, 11) is 1.59. The van der Waals surface area contributed by atoms with E-state index in [0.717, 1.165) is 0 Å². The Morgan fingerprint density at radius 3 is 3.18 bits per heavy atom. The molecule has 0 aliphatic carbocycles. The minimum atomic E-state index is -0.394. The fourth-order valence-corrected chi connectivity index (χ4v) is 2.90. The van der Waals surface area contributed by atoms with Crippen LogP contribution in [0.15, 0.2) is 11.6 Å². The number of thiazole rings is 1.